The monoisotopic (exact) mass is 569 g/mol. The molecule has 0 aliphatic heterocycles. The van der Waals surface area contributed by atoms with E-state index in [4.69, 9.17) is 11.6 Å². The first-order chi connectivity index (χ1) is 19.9. The number of hydrogen-bond donors (Lipinski definition) is 2. The van der Waals surface area contributed by atoms with Crippen molar-refractivity contribution in [1.82, 2.24) is 20.0 Å². The van der Waals surface area contributed by atoms with Crippen molar-refractivity contribution in [1.29, 1.82) is 5.26 Å². The molecule has 1 saturated carbocycles. The zero-order chi connectivity index (χ0) is 28.5. The first kappa shape index (κ1) is 26.7. The van der Waals surface area contributed by atoms with Gasteiger partial charge in [-0.05, 0) is 66.8 Å². The van der Waals surface area contributed by atoms with Crippen LogP contribution >= 0.6 is 11.6 Å². The molecule has 41 heavy (non-hydrogen) atoms. The maximum atomic E-state index is 14.0. The molecule has 10 heteroatoms. The summed E-state index contributed by atoms with van der Waals surface area (Å²) >= 11 is 6.74. The van der Waals surface area contributed by atoms with Gasteiger partial charge in [-0.2, -0.15) is 5.26 Å². The van der Waals surface area contributed by atoms with Crippen LogP contribution in [0.3, 0.4) is 0 Å². The molecule has 2 heterocycles. The van der Waals surface area contributed by atoms with Crippen LogP contribution in [0.25, 0.3) is 10.9 Å². The Morgan fingerprint density at radius 2 is 1.85 bits per heavy atom. The third kappa shape index (κ3) is 5.56. The average molecular weight is 570 g/mol. The van der Waals surface area contributed by atoms with E-state index in [9.17, 15) is 14.0 Å². The van der Waals surface area contributed by atoms with Gasteiger partial charge in [-0.1, -0.05) is 48.0 Å². The molecule has 7 nitrogen and oxygen atoms in total. The summed E-state index contributed by atoms with van der Waals surface area (Å²) in [4.78, 5) is 4.46. The number of nitrogens with one attached hydrogen (secondary N) is 2. The fourth-order valence-corrected chi connectivity index (χ4v) is 5.26. The van der Waals surface area contributed by atoms with Crippen molar-refractivity contribution in [3.05, 3.63) is 112 Å². The van der Waals surface area contributed by atoms with Gasteiger partial charge in [0.2, 0.25) is 0 Å². The summed E-state index contributed by atoms with van der Waals surface area (Å²) in [5.41, 5.74) is 4.29. The van der Waals surface area contributed by atoms with E-state index in [0.29, 0.717) is 51.0 Å². The van der Waals surface area contributed by atoms with Gasteiger partial charge in [-0.3, -0.25) is 4.98 Å². The number of anilines is 2. The Morgan fingerprint density at radius 1 is 1.05 bits per heavy atom. The minimum absolute atomic E-state index is 0.261. The Kier molecular flexibility index (Phi) is 7.25. The first-order valence-corrected chi connectivity index (χ1v) is 13.8. The second-order valence-corrected chi connectivity index (χ2v) is 10.6. The molecule has 0 radical (unpaired) electrons. The molecule has 5 aromatic rings. The molecular weight excluding hydrogens is 544 g/mol. The molecule has 2 aromatic heterocycles. The van der Waals surface area contributed by atoms with E-state index in [1.165, 1.54) is 30.5 Å². The summed E-state index contributed by atoms with van der Waals surface area (Å²) in [6.45, 7) is 1.99. The van der Waals surface area contributed by atoms with E-state index in [1.807, 2.05) is 29.9 Å². The van der Waals surface area contributed by atoms with Gasteiger partial charge in [0.15, 0.2) is 0 Å². The Morgan fingerprint density at radius 3 is 2.56 bits per heavy atom. The van der Waals surface area contributed by atoms with Gasteiger partial charge in [0.05, 0.1) is 46.1 Å². The summed E-state index contributed by atoms with van der Waals surface area (Å²) in [5.74, 6) is -0.666. The Hall–Kier alpha value is -4.55. The van der Waals surface area contributed by atoms with Gasteiger partial charge in [0, 0.05) is 17.3 Å². The third-order valence-corrected chi connectivity index (χ3v) is 7.57. The van der Waals surface area contributed by atoms with Crippen LogP contribution < -0.4 is 10.6 Å². The lowest BCUT2D eigenvalue weighted by molar-refractivity contribution is 0.610. The van der Waals surface area contributed by atoms with Crippen molar-refractivity contribution in [2.45, 2.75) is 44.3 Å². The van der Waals surface area contributed by atoms with Crippen molar-refractivity contribution in [3.8, 4) is 6.07 Å². The molecule has 1 aliphatic carbocycles. The lowest BCUT2D eigenvalue weighted by atomic mass is 10.0. The molecule has 1 aliphatic rings. The Bertz CT molecular complexity index is 1760. The van der Waals surface area contributed by atoms with E-state index in [1.54, 1.807) is 24.3 Å². The molecule has 6 rings (SSSR count). The lowest BCUT2D eigenvalue weighted by Gasteiger charge is -2.22. The summed E-state index contributed by atoms with van der Waals surface area (Å²) in [5, 5.41) is 26.6. The molecule has 2 N–H and O–H groups in total. The SMILES string of the molecule is CC[C@@H](Nc1c(C#N)cnc2c(Cl)cc(NC(c3ccc(F)cc3)c3cn(C4CC4)nn3)cc12)c1cccc(F)c1. The number of nitrogens with zero attached hydrogens (tertiary/aromatic N) is 5. The predicted molar refractivity (Wildman–Crippen MR) is 155 cm³/mol. The van der Waals surface area contributed by atoms with Crippen LogP contribution in [0.4, 0.5) is 20.2 Å². The molecule has 0 saturated heterocycles. The maximum Gasteiger partial charge on any atom is 0.123 e. The highest BCUT2D eigenvalue weighted by Crippen LogP contribution is 2.38. The van der Waals surface area contributed by atoms with Crippen LogP contribution in [-0.2, 0) is 0 Å². The lowest BCUT2D eigenvalue weighted by Crippen LogP contribution is -2.14. The summed E-state index contributed by atoms with van der Waals surface area (Å²) in [6.07, 6.45) is 6.17. The molecule has 0 amide bonds. The minimum Gasteiger partial charge on any atom is -0.377 e. The molecule has 0 bridgehead atoms. The van der Waals surface area contributed by atoms with Crippen LogP contribution in [0.15, 0.2) is 73.1 Å². The zero-order valence-electron chi connectivity index (χ0n) is 22.2. The van der Waals surface area contributed by atoms with Crippen molar-refractivity contribution in [2.75, 3.05) is 10.6 Å². The van der Waals surface area contributed by atoms with E-state index < -0.39 is 6.04 Å². The van der Waals surface area contributed by atoms with Crippen LogP contribution in [0, 0.1) is 23.0 Å². The fourth-order valence-electron chi connectivity index (χ4n) is 4.99. The normalized spacial score (nSPS) is 14.4. The van der Waals surface area contributed by atoms with Gasteiger partial charge < -0.3 is 10.6 Å². The zero-order valence-corrected chi connectivity index (χ0v) is 22.9. The van der Waals surface area contributed by atoms with Crippen molar-refractivity contribution < 1.29 is 8.78 Å². The second kappa shape index (κ2) is 11.1. The topological polar surface area (TPSA) is 91.5 Å². The van der Waals surface area contributed by atoms with E-state index in [2.05, 4.69) is 32.0 Å². The molecular formula is C31H26ClF2N7. The number of fused-ring (bicyclic) bond motifs is 1. The number of hydrogen-bond acceptors (Lipinski definition) is 6. The summed E-state index contributed by atoms with van der Waals surface area (Å²) in [7, 11) is 0. The standard InChI is InChI=1S/C31H26ClF2N7/c1-2-27(19-4-3-5-22(34)12-19)38-29-20(15-35)16-36-31-25(29)13-23(14-26(31)32)37-30(18-6-8-21(33)9-7-18)28-17-41(40-39-28)24-10-11-24/h3-9,12-14,16-17,24,27,30,37H,2,10-11H2,1H3,(H,36,38)/t27-,30?/m1/s1. The Labute approximate surface area is 240 Å². The first-order valence-electron chi connectivity index (χ1n) is 13.4. The Balaban J connectivity index is 1.42. The highest BCUT2D eigenvalue weighted by atomic mass is 35.5. The average Bonchev–Trinajstić information content (AvgIpc) is 3.71. The number of halogens is 3. The molecule has 2 atom stereocenters. The molecule has 1 fully saturated rings. The number of benzene rings is 3. The predicted octanol–water partition coefficient (Wildman–Crippen LogP) is 7.73. The summed E-state index contributed by atoms with van der Waals surface area (Å²) in [6, 6.07) is 18.1. The quantitative estimate of drug-likeness (QED) is 0.189. The molecule has 3 aromatic carbocycles. The largest absolute Gasteiger partial charge is 0.377 e. The molecule has 1 unspecified atom stereocenters. The number of pyridine rings is 1. The number of rotatable bonds is 9. The van der Waals surface area contributed by atoms with Gasteiger partial charge >= 0.3 is 0 Å². The summed E-state index contributed by atoms with van der Waals surface area (Å²) < 4.78 is 29.7. The fraction of sp³-hybridized carbons (Fsp3) is 0.226. The second-order valence-electron chi connectivity index (χ2n) is 10.2. The molecule has 206 valence electrons. The van der Waals surface area contributed by atoms with E-state index in [-0.39, 0.29) is 17.7 Å². The number of aromatic nitrogens is 4. The van der Waals surface area contributed by atoms with Crippen molar-refractivity contribution >= 4 is 33.9 Å². The smallest absolute Gasteiger partial charge is 0.123 e. The number of nitriles is 1. The third-order valence-electron chi connectivity index (χ3n) is 7.28. The van der Waals surface area contributed by atoms with Crippen LogP contribution in [-0.4, -0.2) is 20.0 Å². The highest BCUT2D eigenvalue weighted by molar-refractivity contribution is 6.35. The van der Waals surface area contributed by atoms with E-state index >= 15 is 0 Å². The van der Waals surface area contributed by atoms with Gasteiger partial charge in [-0.25, -0.2) is 13.5 Å². The molecule has 0 spiro atoms. The minimum atomic E-state index is -0.448. The van der Waals surface area contributed by atoms with Crippen molar-refractivity contribution in [3.63, 3.8) is 0 Å². The van der Waals surface area contributed by atoms with E-state index in [0.717, 1.165) is 24.0 Å². The van der Waals surface area contributed by atoms with Crippen LogP contribution in [0.2, 0.25) is 5.02 Å². The van der Waals surface area contributed by atoms with Crippen LogP contribution in [0.1, 0.15) is 66.7 Å². The maximum absolute atomic E-state index is 14.0. The highest BCUT2D eigenvalue weighted by Gasteiger charge is 2.27. The van der Waals surface area contributed by atoms with Gasteiger partial charge in [0.1, 0.15) is 23.4 Å². The van der Waals surface area contributed by atoms with Crippen LogP contribution in [0.5, 0.6) is 0 Å². The van der Waals surface area contributed by atoms with Gasteiger partial charge in [-0.15, -0.1) is 5.10 Å². The van der Waals surface area contributed by atoms with Gasteiger partial charge in [0.25, 0.3) is 0 Å². The van der Waals surface area contributed by atoms with Crippen molar-refractivity contribution in [2.24, 2.45) is 0 Å².